The Morgan fingerprint density at radius 1 is 1.20 bits per heavy atom. The fraction of sp³-hybridized carbons (Fsp3) is 1.00. The van der Waals surface area contributed by atoms with Gasteiger partial charge < -0.3 is 0 Å². The molecule has 0 bridgehead atoms. The van der Waals surface area contributed by atoms with Crippen molar-refractivity contribution in [3.63, 3.8) is 0 Å². The second-order valence-electron chi connectivity index (χ2n) is 4.01. The highest BCUT2D eigenvalue weighted by atomic mass is 35.5. The van der Waals surface area contributed by atoms with E-state index in [9.17, 15) is 4.57 Å². The normalized spacial score (nSPS) is 19.7. The van der Waals surface area contributed by atoms with Crippen molar-refractivity contribution in [2.75, 3.05) is 0 Å². The zero-order valence-corrected chi connectivity index (χ0v) is 12.5. The molecule has 0 aromatic heterocycles. The molecule has 2 atom stereocenters. The van der Waals surface area contributed by atoms with Gasteiger partial charge in [-0.1, -0.05) is 23.2 Å². The first kappa shape index (κ1) is 16.0. The van der Waals surface area contributed by atoms with Crippen LogP contribution in [0.5, 0.6) is 0 Å². The first-order chi connectivity index (χ1) is 6.37. The third kappa shape index (κ3) is 5.76. The highest BCUT2D eigenvalue weighted by Crippen LogP contribution is 2.65. The molecule has 0 saturated heterocycles. The van der Waals surface area contributed by atoms with Crippen LogP contribution in [0.3, 0.4) is 0 Å². The summed E-state index contributed by atoms with van der Waals surface area (Å²) in [6.45, 7) is 7.67. The molecule has 0 saturated carbocycles. The van der Waals surface area contributed by atoms with Crippen LogP contribution >= 0.6 is 42.4 Å². The molecule has 0 N–H and O–H groups in total. The lowest BCUT2D eigenvalue weighted by atomic mass is 10.5. The zero-order chi connectivity index (χ0) is 12.5. The van der Waals surface area contributed by atoms with Crippen LogP contribution in [0.15, 0.2) is 0 Å². The zero-order valence-electron chi connectivity index (χ0n) is 9.38. The lowest BCUT2D eigenvalue weighted by Crippen LogP contribution is -2.24. The minimum Gasteiger partial charge on any atom is -0.288 e. The van der Waals surface area contributed by atoms with Gasteiger partial charge in [0.05, 0.1) is 0 Å². The molecule has 3 nitrogen and oxygen atoms in total. The summed E-state index contributed by atoms with van der Waals surface area (Å²) in [6.07, 6.45) is 0. The van der Waals surface area contributed by atoms with Crippen LogP contribution in [0, 0.1) is 0 Å². The van der Waals surface area contributed by atoms with E-state index in [1.54, 1.807) is 13.8 Å². The standard InChI is InChI=1S/C8H16Cl3O3P/c1-6(9)13-15(12,8(4,5)11)14-7(2,3)10/h6H,1-5H3. The maximum absolute atomic E-state index is 12.3. The van der Waals surface area contributed by atoms with Crippen LogP contribution in [-0.4, -0.2) is 15.2 Å². The van der Waals surface area contributed by atoms with Crippen LogP contribution in [0.2, 0.25) is 0 Å². The quantitative estimate of drug-likeness (QED) is 0.543. The largest absolute Gasteiger partial charge is 0.353 e. The van der Waals surface area contributed by atoms with Crippen molar-refractivity contribution in [3.8, 4) is 0 Å². The molecule has 92 valence electrons. The first-order valence-electron chi connectivity index (χ1n) is 4.38. The van der Waals surface area contributed by atoms with Crippen molar-refractivity contribution < 1.29 is 13.6 Å². The van der Waals surface area contributed by atoms with E-state index < -0.39 is 22.8 Å². The molecule has 15 heavy (non-hydrogen) atoms. The number of halogens is 3. The maximum Gasteiger partial charge on any atom is 0.353 e. The Kier molecular flexibility index (Phi) is 5.47. The predicted molar refractivity (Wildman–Crippen MR) is 65.0 cm³/mol. The number of hydrogen-bond donors (Lipinski definition) is 0. The van der Waals surface area contributed by atoms with Crippen LogP contribution in [0.25, 0.3) is 0 Å². The van der Waals surface area contributed by atoms with Crippen molar-refractivity contribution in [1.82, 2.24) is 0 Å². The minimum atomic E-state index is -3.58. The highest BCUT2D eigenvalue weighted by molar-refractivity contribution is 7.57. The van der Waals surface area contributed by atoms with E-state index in [0.717, 1.165) is 0 Å². The van der Waals surface area contributed by atoms with Crippen molar-refractivity contribution >= 4 is 42.4 Å². The van der Waals surface area contributed by atoms with Crippen molar-refractivity contribution in [2.45, 2.75) is 49.9 Å². The van der Waals surface area contributed by atoms with Gasteiger partial charge in [0.2, 0.25) is 0 Å². The van der Waals surface area contributed by atoms with Crippen molar-refractivity contribution in [3.05, 3.63) is 0 Å². The second kappa shape index (κ2) is 5.12. The van der Waals surface area contributed by atoms with Gasteiger partial charge in [-0.15, -0.1) is 11.6 Å². The molecule has 0 spiro atoms. The Bertz CT molecular complexity index is 255. The Balaban J connectivity index is 4.98. The molecule has 0 amide bonds. The minimum absolute atomic E-state index is 0.770. The van der Waals surface area contributed by atoms with Crippen LogP contribution in [0.1, 0.15) is 34.6 Å². The molecular weight excluding hydrogens is 281 g/mol. The highest BCUT2D eigenvalue weighted by Gasteiger charge is 2.46. The molecule has 0 radical (unpaired) electrons. The average Bonchev–Trinajstić information content (AvgIpc) is 1.75. The molecule has 0 fully saturated rings. The van der Waals surface area contributed by atoms with Gasteiger partial charge in [-0.3, -0.25) is 13.6 Å². The molecular formula is C8H16Cl3O3P. The molecule has 0 aliphatic rings. The molecule has 0 heterocycles. The van der Waals surface area contributed by atoms with E-state index in [1.807, 2.05) is 0 Å². The summed E-state index contributed by atoms with van der Waals surface area (Å²) in [5, 5.41) is -1.13. The van der Waals surface area contributed by atoms with Crippen LogP contribution in [0.4, 0.5) is 0 Å². The third-order valence-corrected chi connectivity index (χ3v) is 4.88. The number of alkyl halides is 3. The monoisotopic (exact) mass is 296 g/mol. The molecule has 0 aromatic rings. The lowest BCUT2D eigenvalue weighted by Gasteiger charge is -2.32. The van der Waals surface area contributed by atoms with E-state index in [1.165, 1.54) is 20.8 Å². The maximum atomic E-state index is 12.3. The molecule has 2 unspecified atom stereocenters. The molecule has 0 aliphatic heterocycles. The smallest absolute Gasteiger partial charge is 0.288 e. The summed E-state index contributed by atoms with van der Waals surface area (Å²) >= 11 is 17.4. The van der Waals surface area contributed by atoms with Crippen molar-refractivity contribution in [2.24, 2.45) is 0 Å². The Labute approximate surface area is 106 Å². The van der Waals surface area contributed by atoms with E-state index in [4.69, 9.17) is 43.9 Å². The first-order valence-corrected chi connectivity index (χ1v) is 7.12. The summed E-state index contributed by atoms with van der Waals surface area (Å²) in [4.78, 5) is 0. The predicted octanol–water partition coefficient (Wildman–Crippen LogP) is 4.75. The van der Waals surface area contributed by atoms with E-state index >= 15 is 0 Å². The third-order valence-electron chi connectivity index (χ3n) is 1.27. The Morgan fingerprint density at radius 3 is 1.80 bits per heavy atom. The Morgan fingerprint density at radius 2 is 1.60 bits per heavy atom. The Hall–Kier alpha value is 1.02. The molecule has 0 aliphatic carbocycles. The summed E-state index contributed by atoms with van der Waals surface area (Å²) < 4.78 is 21.4. The number of hydrogen-bond acceptors (Lipinski definition) is 3. The van der Waals surface area contributed by atoms with Gasteiger partial charge in [-0.2, -0.15) is 0 Å². The van der Waals surface area contributed by atoms with E-state index in [0.29, 0.717) is 0 Å². The SMILES string of the molecule is CC(Cl)OP(=O)(OC(C)(C)Cl)C(C)(C)Cl. The molecule has 0 rings (SSSR count). The summed E-state index contributed by atoms with van der Waals surface area (Å²) in [7, 11) is -3.58. The summed E-state index contributed by atoms with van der Waals surface area (Å²) in [5.74, 6) is 0. The fourth-order valence-electron chi connectivity index (χ4n) is 0.732. The number of rotatable bonds is 5. The van der Waals surface area contributed by atoms with Crippen LogP contribution in [-0.2, 0) is 13.6 Å². The van der Waals surface area contributed by atoms with Gasteiger partial charge in [0.15, 0.2) is 0 Å². The van der Waals surface area contributed by atoms with Gasteiger partial charge in [0.1, 0.15) is 15.2 Å². The van der Waals surface area contributed by atoms with E-state index in [-0.39, 0.29) is 0 Å². The molecule has 0 aromatic carbocycles. The van der Waals surface area contributed by atoms with E-state index in [2.05, 4.69) is 0 Å². The van der Waals surface area contributed by atoms with Gasteiger partial charge in [0.25, 0.3) is 0 Å². The van der Waals surface area contributed by atoms with Gasteiger partial charge >= 0.3 is 7.60 Å². The summed E-state index contributed by atoms with van der Waals surface area (Å²) in [6, 6.07) is 0. The average molecular weight is 298 g/mol. The fourth-order valence-corrected chi connectivity index (χ4v) is 3.01. The van der Waals surface area contributed by atoms with Gasteiger partial charge in [-0.25, -0.2) is 0 Å². The topological polar surface area (TPSA) is 35.5 Å². The van der Waals surface area contributed by atoms with Gasteiger partial charge in [0, 0.05) is 0 Å². The molecule has 7 heteroatoms. The summed E-state index contributed by atoms with van der Waals surface area (Å²) in [5.41, 5.74) is -0.770. The van der Waals surface area contributed by atoms with Crippen LogP contribution < -0.4 is 0 Å². The van der Waals surface area contributed by atoms with Crippen molar-refractivity contribution in [1.29, 1.82) is 0 Å². The lowest BCUT2D eigenvalue weighted by molar-refractivity contribution is 0.131. The second-order valence-corrected chi connectivity index (χ2v) is 9.25. The van der Waals surface area contributed by atoms with Gasteiger partial charge in [-0.05, 0) is 34.6 Å².